The van der Waals surface area contributed by atoms with Crippen LogP contribution in [0.5, 0.6) is 11.5 Å². The number of aromatic nitrogens is 2. The van der Waals surface area contributed by atoms with Crippen LogP contribution in [0.25, 0.3) is 11.0 Å². The van der Waals surface area contributed by atoms with Gasteiger partial charge in [0.1, 0.15) is 18.0 Å². The number of benzene rings is 2. The molecule has 0 aliphatic heterocycles. The number of fused-ring (bicyclic) bond motifs is 1. The number of hydrogen-bond acceptors (Lipinski definition) is 4. The van der Waals surface area contributed by atoms with Crippen LogP contribution in [0.15, 0.2) is 47.3 Å². The number of aryl methyl sites for hydroxylation is 1. The second-order valence-corrected chi connectivity index (χ2v) is 6.31. The van der Waals surface area contributed by atoms with Gasteiger partial charge in [-0.1, -0.05) is 12.1 Å². The molecule has 0 unspecified atom stereocenters. The molecule has 0 fully saturated rings. The van der Waals surface area contributed by atoms with E-state index in [2.05, 4.69) is 5.32 Å². The van der Waals surface area contributed by atoms with Crippen LogP contribution in [0.4, 0.5) is 0 Å². The van der Waals surface area contributed by atoms with E-state index in [-0.39, 0.29) is 24.2 Å². The van der Waals surface area contributed by atoms with Crippen molar-refractivity contribution in [1.29, 1.82) is 0 Å². The van der Waals surface area contributed by atoms with Crippen molar-refractivity contribution in [2.75, 3.05) is 14.2 Å². The Morgan fingerprint density at radius 1 is 1.11 bits per heavy atom. The maximum Gasteiger partial charge on any atom is 0.329 e. The molecule has 1 heterocycles. The minimum absolute atomic E-state index is 0.0587. The highest BCUT2D eigenvalue weighted by molar-refractivity contribution is 5.81. The second-order valence-electron chi connectivity index (χ2n) is 6.31. The fraction of sp³-hybridized carbons (Fsp3) is 0.300. The molecule has 7 heteroatoms. The number of methoxy groups -OCH3 is 2. The smallest absolute Gasteiger partial charge is 0.329 e. The first-order valence-electron chi connectivity index (χ1n) is 8.61. The number of hydrogen-bond donors (Lipinski definition) is 1. The molecule has 3 rings (SSSR count). The third-order valence-corrected chi connectivity index (χ3v) is 4.63. The SMILES string of the molecule is COc1ccc(OC)c([C@@H](C)NC(=O)Cn2c(=O)n(C)c3ccccc32)c1. The van der Waals surface area contributed by atoms with E-state index < -0.39 is 0 Å². The molecule has 0 saturated heterocycles. The third-order valence-electron chi connectivity index (χ3n) is 4.63. The highest BCUT2D eigenvalue weighted by atomic mass is 16.5. The minimum atomic E-state index is -0.312. The Hall–Kier alpha value is -3.22. The zero-order valence-electron chi connectivity index (χ0n) is 15.9. The van der Waals surface area contributed by atoms with Crippen molar-refractivity contribution in [1.82, 2.24) is 14.5 Å². The number of ether oxygens (including phenoxy) is 2. The summed E-state index contributed by atoms with van der Waals surface area (Å²) in [6.45, 7) is 1.80. The van der Waals surface area contributed by atoms with E-state index in [0.717, 1.165) is 16.6 Å². The van der Waals surface area contributed by atoms with E-state index in [9.17, 15) is 9.59 Å². The van der Waals surface area contributed by atoms with Crippen LogP contribution in [0.1, 0.15) is 18.5 Å². The van der Waals surface area contributed by atoms with Gasteiger partial charge < -0.3 is 14.8 Å². The number of rotatable bonds is 6. The number of imidazole rings is 1. The van der Waals surface area contributed by atoms with Gasteiger partial charge in [0, 0.05) is 12.6 Å². The maximum absolute atomic E-state index is 12.6. The monoisotopic (exact) mass is 369 g/mol. The first-order chi connectivity index (χ1) is 13.0. The number of para-hydroxylation sites is 2. The highest BCUT2D eigenvalue weighted by Crippen LogP contribution is 2.29. The molecule has 1 amide bonds. The molecule has 0 bridgehead atoms. The van der Waals surface area contributed by atoms with Crippen molar-refractivity contribution in [3.8, 4) is 11.5 Å². The van der Waals surface area contributed by atoms with Crippen molar-refractivity contribution >= 4 is 16.9 Å². The summed E-state index contributed by atoms with van der Waals surface area (Å²) in [6.07, 6.45) is 0. The van der Waals surface area contributed by atoms with Gasteiger partial charge in [0.25, 0.3) is 0 Å². The fourth-order valence-electron chi connectivity index (χ4n) is 3.20. The summed E-state index contributed by atoms with van der Waals surface area (Å²) < 4.78 is 13.6. The number of amides is 1. The molecule has 0 saturated carbocycles. The normalized spacial score (nSPS) is 12.0. The summed E-state index contributed by atoms with van der Waals surface area (Å²) in [7, 11) is 4.86. The lowest BCUT2D eigenvalue weighted by molar-refractivity contribution is -0.122. The lowest BCUT2D eigenvalue weighted by atomic mass is 10.1. The summed E-state index contributed by atoms with van der Waals surface area (Å²) in [5.74, 6) is 1.08. The Bertz CT molecular complexity index is 1040. The average Bonchev–Trinajstić information content (AvgIpc) is 2.92. The minimum Gasteiger partial charge on any atom is -0.497 e. The Morgan fingerprint density at radius 2 is 1.81 bits per heavy atom. The number of carbonyl (C=O) groups is 1. The van der Waals surface area contributed by atoms with E-state index in [0.29, 0.717) is 11.5 Å². The molecule has 7 nitrogen and oxygen atoms in total. The van der Waals surface area contributed by atoms with E-state index >= 15 is 0 Å². The Balaban J connectivity index is 1.83. The molecule has 1 aromatic heterocycles. The van der Waals surface area contributed by atoms with Crippen LogP contribution in [0, 0.1) is 0 Å². The topological polar surface area (TPSA) is 74.5 Å². The van der Waals surface area contributed by atoms with Gasteiger partial charge in [-0.05, 0) is 37.3 Å². The molecule has 27 heavy (non-hydrogen) atoms. The number of nitrogens with one attached hydrogen (secondary N) is 1. The first-order valence-corrected chi connectivity index (χ1v) is 8.61. The Labute approximate surface area is 157 Å². The standard InChI is InChI=1S/C20H23N3O4/c1-13(15-11-14(26-3)9-10-18(15)27-4)21-19(24)12-23-17-8-6-5-7-16(17)22(2)20(23)25/h5-11,13H,12H2,1-4H3,(H,21,24)/t13-/m1/s1. The van der Waals surface area contributed by atoms with Crippen LogP contribution >= 0.6 is 0 Å². The van der Waals surface area contributed by atoms with Gasteiger partial charge >= 0.3 is 5.69 Å². The summed E-state index contributed by atoms with van der Waals surface area (Å²) in [6, 6.07) is 12.5. The molecule has 0 spiro atoms. The van der Waals surface area contributed by atoms with Crippen molar-refractivity contribution in [2.45, 2.75) is 19.5 Å². The summed E-state index contributed by atoms with van der Waals surface area (Å²) >= 11 is 0. The molecule has 3 aromatic rings. The maximum atomic E-state index is 12.6. The summed E-state index contributed by atoms with van der Waals surface area (Å²) in [5, 5.41) is 2.93. The van der Waals surface area contributed by atoms with E-state index in [1.165, 1.54) is 9.13 Å². The van der Waals surface area contributed by atoms with E-state index in [1.54, 1.807) is 33.4 Å². The fourth-order valence-corrected chi connectivity index (χ4v) is 3.20. The predicted molar refractivity (Wildman–Crippen MR) is 103 cm³/mol. The largest absolute Gasteiger partial charge is 0.497 e. The van der Waals surface area contributed by atoms with Crippen LogP contribution in [-0.2, 0) is 18.4 Å². The third kappa shape index (κ3) is 3.53. The van der Waals surface area contributed by atoms with Crippen LogP contribution < -0.4 is 20.5 Å². The molecular formula is C20H23N3O4. The lowest BCUT2D eigenvalue weighted by Crippen LogP contribution is -2.34. The molecule has 0 radical (unpaired) electrons. The van der Waals surface area contributed by atoms with Gasteiger partial charge in [-0.25, -0.2) is 4.79 Å². The van der Waals surface area contributed by atoms with Crippen molar-refractivity contribution in [2.24, 2.45) is 7.05 Å². The average molecular weight is 369 g/mol. The summed E-state index contributed by atoms with van der Waals surface area (Å²) in [4.78, 5) is 25.1. The molecule has 0 aliphatic carbocycles. The van der Waals surface area contributed by atoms with Crippen molar-refractivity contribution in [3.63, 3.8) is 0 Å². The molecule has 1 N–H and O–H groups in total. The number of nitrogens with zero attached hydrogens (tertiary/aromatic N) is 2. The molecule has 0 aliphatic rings. The lowest BCUT2D eigenvalue weighted by Gasteiger charge is -2.18. The van der Waals surface area contributed by atoms with Crippen LogP contribution in [0.3, 0.4) is 0 Å². The molecule has 1 atom stereocenters. The zero-order chi connectivity index (χ0) is 19.6. The van der Waals surface area contributed by atoms with Gasteiger partial charge in [-0.3, -0.25) is 13.9 Å². The van der Waals surface area contributed by atoms with Gasteiger partial charge in [-0.15, -0.1) is 0 Å². The first kappa shape index (κ1) is 18.6. The molecular weight excluding hydrogens is 346 g/mol. The Kier molecular flexibility index (Phi) is 5.21. The van der Waals surface area contributed by atoms with Gasteiger partial charge in [-0.2, -0.15) is 0 Å². The highest BCUT2D eigenvalue weighted by Gasteiger charge is 2.18. The van der Waals surface area contributed by atoms with Crippen LogP contribution in [-0.4, -0.2) is 29.3 Å². The molecule has 142 valence electrons. The van der Waals surface area contributed by atoms with Gasteiger partial charge in [0.15, 0.2) is 0 Å². The van der Waals surface area contributed by atoms with Crippen molar-refractivity contribution in [3.05, 3.63) is 58.5 Å². The van der Waals surface area contributed by atoms with Crippen molar-refractivity contribution < 1.29 is 14.3 Å². The van der Waals surface area contributed by atoms with E-state index in [4.69, 9.17) is 9.47 Å². The number of carbonyl (C=O) groups excluding carboxylic acids is 1. The van der Waals surface area contributed by atoms with Gasteiger partial charge in [0.05, 0.1) is 31.3 Å². The van der Waals surface area contributed by atoms with E-state index in [1.807, 2.05) is 37.3 Å². The second kappa shape index (κ2) is 7.57. The quantitative estimate of drug-likeness (QED) is 0.723. The van der Waals surface area contributed by atoms with Crippen LogP contribution in [0.2, 0.25) is 0 Å². The predicted octanol–water partition coefficient (Wildman–Crippen LogP) is 2.23. The molecule has 2 aromatic carbocycles. The van der Waals surface area contributed by atoms with Gasteiger partial charge in [0.2, 0.25) is 5.91 Å². The zero-order valence-corrected chi connectivity index (χ0v) is 15.9. The summed E-state index contributed by atoms with van der Waals surface area (Å²) in [5.41, 5.74) is 2.10. The Morgan fingerprint density at radius 3 is 2.48 bits per heavy atom.